The predicted molar refractivity (Wildman–Crippen MR) is 87.6 cm³/mol. The van der Waals surface area contributed by atoms with E-state index in [2.05, 4.69) is 5.32 Å². The molecule has 0 saturated carbocycles. The van der Waals surface area contributed by atoms with Gasteiger partial charge in [0.2, 0.25) is 7.37 Å². The Morgan fingerprint density at radius 2 is 1.52 bits per heavy atom. The average Bonchev–Trinajstić information content (AvgIpc) is 2.52. The number of rotatable bonds is 7. The van der Waals surface area contributed by atoms with Crippen molar-refractivity contribution in [1.29, 1.82) is 0 Å². The van der Waals surface area contributed by atoms with Crippen LogP contribution in [-0.4, -0.2) is 16.8 Å². The van der Waals surface area contributed by atoms with Crippen molar-refractivity contribution in [2.75, 3.05) is 6.16 Å². The third kappa shape index (κ3) is 5.13. The predicted octanol–water partition coefficient (Wildman–Crippen LogP) is 3.64. The van der Waals surface area contributed by atoms with Crippen LogP contribution in [0.1, 0.15) is 18.1 Å². The van der Waals surface area contributed by atoms with E-state index in [1.807, 2.05) is 60.7 Å². The number of nitrogens with one attached hydrogen (secondary N) is 1. The van der Waals surface area contributed by atoms with Crippen molar-refractivity contribution in [3.63, 3.8) is 0 Å². The van der Waals surface area contributed by atoms with Gasteiger partial charge in [-0.25, -0.2) is 0 Å². The van der Waals surface area contributed by atoms with Crippen molar-refractivity contribution >= 4 is 7.37 Å². The zero-order valence-corrected chi connectivity index (χ0v) is 13.2. The van der Waals surface area contributed by atoms with Crippen molar-refractivity contribution in [1.82, 2.24) is 5.32 Å². The second kappa shape index (κ2) is 7.56. The Labute approximate surface area is 126 Å². The van der Waals surface area contributed by atoms with Gasteiger partial charge in [0.1, 0.15) is 0 Å². The molecule has 2 aromatic rings. The van der Waals surface area contributed by atoms with Crippen LogP contribution in [0, 0.1) is 0 Å². The maximum absolute atomic E-state index is 12.4. The average molecular weight is 303 g/mol. The zero-order chi connectivity index (χ0) is 15.1. The molecule has 3 nitrogen and oxygen atoms in total. The molecule has 0 aliphatic carbocycles. The molecule has 0 fully saturated rings. The van der Waals surface area contributed by atoms with Gasteiger partial charge < -0.3 is 10.2 Å². The minimum Gasteiger partial charge on any atom is -0.343 e. The molecule has 2 atom stereocenters. The molecule has 2 aromatic carbocycles. The summed E-state index contributed by atoms with van der Waals surface area (Å²) in [6.07, 6.45) is 0.936. The molecule has 2 rings (SSSR count). The van der Waals surface area contributed by atoms with Crippen molar-refractivity contribution < 1.29 is 9.46 Å². The SMILES string of the molecule is CC(NCc1ccccc1)P(=O)(O)CCc1ccccc1. The molecule has 0 radical (unpaired) electrons. The first-order chi connectivity index (χ1) is 10.1. The van der Waals surface area contributed by atoms with E-state index < -0.39 is 13.2 Å². The fraction of sp³-hybridized carbons (Fsp3) is 0.294. The lowest BCUT2D eigenvalue weighted by Gasteiger charge is -2.20. The number of hydrogen-bond acceptors (Lipinski definition) is 2. The standard InChI is InChI=1S/C17H22NO2P/c1-15(18-14-17-10-6-3-7-11-17)21(19,20)13-12-16-8-4-2-5-9-16/h2-11,15,18H,12-14H2,1H3,(H,19,20). The fourth-order valence-corrected chi connectivity index (χ4v) is 3.47. The maximum atomic E-state index is 12.4. The topological polar surface area (TPSA) is 49.3 Å². The van der Waals surface area contributed by atoms with E-state index in [0.29, 0.717) is 19.1 Å². The minimum atomic E-state index is -3.20. The Hall–Kier alpha value is -1.41. The van der Waals surface area contributed by atoms with Crippen molar-refractivity contribution in [3.8, 4) is 0 Å². The molecule has 0 heterocycles. The Balaban J connectivity index is 1.85. The molecule has 0 spiro atoms. The van der Waals surface area contributed by atoms with Gasteiger partial charge in [0, 0.05) is 12.7 Å². The van der Waals surface area contributed by atoms with Gasteiger partial charge in [0.05, 0.1) is 5.78 Å². The van der Waals surface area contributed by atoms with E-state index >= 15 is 0 Å². The summed E-state index contributed by atoms with van der Waals surface area (Å²) in [7, 11) is -3.20. The lowest BCUT2D eigenvalue weighted by atomic mass is 10.2. The third-order valence-corrected chi connectivity index (χ3v) is 5.87. The fourth-order valence-electron chi connectivity index (χ4n) is 2.13. The monoisotopic (exact) mass is 303 g/mol. The quantitative estimate of drug-likeness (QED) is 0.768. The Morgan fingerprint density at radius 1 is 1.00 bits per heavy atom. The molecule has 0 saturated heterocycles. The first-order valence-electron chi connectivity index (χ1n) is 7.21. The smallest absolute Gasteiger partial charge is 0.217 e. The van der Waals surface area contributed by atoms with Crippen LogP contribution in [-0.2, 0) is 17.5 Å². The summed E-state index contributed by atoms with van der Waals surface area (Å²) in [4.78, 5) is 10.2. The van der Waals surface area contributed by atoms with Crippen LogP contribution < -0.4 is 5.32 Å². The van der Waals surface area contributed by atoms with E-state index in [4.69, 9.17) is 0 Å². The highest BCUT2D eigenvalue weighted by molar-refractivity contribution is 7.58. The first-order valence-corrected chi connectivity index (χ1v) is 9.12. The maximum Gasteiger partial charge on any atom is 0.217 e. The highest BCUT2D eigenvalue weighted by atomic mass is 31.2. The van der Waals surface area contributed by atoms with Crippen LogP contribution in [0.15, 0.2) is 60.7 Å². The van der Waals surface area contributed by atoms with E-state index in [9.17, 15) is 9.46 Å². The van der Waals surface area contributed by atoms with E-state index in [0.717, 1.165) is 11.1 Å². The summed E-state index contributed by atoms with van der Waals surface area (Å²) in [5, 5.41) is 3.16. The van der Waals surface area contributed by atoms with Gasteiger partial charge in [-0.05, 0) is 24.5 Å². The van der Waals surface area contributed by atoms with Gasteiger partial charge in [-0.3, -0.25) is 4.57 Å². The summed E-state index contributed by atoms with van der Waals surface area (Å²) < 4.78 is 12.4. The van der Waals surface area contributed by atoms with Crippen LogP contribution in [0.3, 0.4) is 0 Å². The Kier molecular flexibility index (Phi) is 5.75. The molecule has 0 amide bonds. The van der Waals surface area contributed by atoms with Crippen molar-refractivity contribution in [2.24, 2.45) is 0 Å². The Bertz CT molecular complexity index is 586. The molecule has 21 heavy (non-hydrogen) atoms. The van der Waals surface area contributed by atoms with Gasteiger partial charge >= 0.3 is 0 Å². The lowest BCUT2D eigenvalue weighted by Crippen LogP contribution is -2.26. The third-order valence-electron chi connectivity index (χ3n) is 3.61. The minimum absolute atomic E-state index is 0.306. The molecule has 0 aliphatic heterocycles. The second-order valence-corrected chi connectivity index (χ2v) is 7.99. The van der Waals surface area contributed by atoms with Crippen LogP contribution in [0.5, 0.6) is 0 Å². The summed E-state index contributed by atoms with van der Waals surface area (Å²) >= 11 is 0. The molecule has 112 valence electrons. The van der Waals surface area contributed by atoms with Gasteiger partial charge in [0.25, 0.3) is 0 Å². The normalized spacial score (nSPS) is 15.3. The highest BCUT2D eigenvalue weighted by Gasteiger charge is 2.26. The lowest BCUT2D eigenvalue weighted by molar-refractivity contribution is 0.450. The molecule has 0 bridgehead atoms. The zero-order valence-electron chi connectivity index (χ0n) is 12.3. The van der Waals surface area contributed by atoms with E-state index in [1.165, 1.54) is 0 Å². The number of aryl methyl sites for hydroxylation is 1. The molecule has 0 aromatic heterocycles. The van der Waals surface area contributed by atoms with E-state index in [1.54, 1.807) is 6.92 Å². The highest BCUT2D eigenvalue weighted by Crippen LogP contribution is 2.45. The Morgan fingerprint density at radius 3 is 2.10 bits per heavy atom. The van der Waals surface area contributed by atoms with Gasteiger partial charge in [0.15, 0.2) is 0 Å². The molecule has 0 aliphatic rings. The summed E-state index contributed by atoms with van der Waals surface area (Å²) in [5.41, 5.74) is 2.22. The van der Waals surface area contributed by atoms with Crippen LogP contribution in [0.4, 0.5) is 0 Å². The number of benzene rings is 2. The largest absolute Gasteiger partial charge is 0.343 e. The van der Waals surface area contributed by atoms with Gasteiger partial charge in [-0.15, -0.1) is 0 Å². The second-order valence-electron chi connectivity index (χ2n) is 5.26. The van der Waals surface area contributed by atoms with Crippen LogP contribution in [0.2, 0.25) is 0 Å². The molecular formula is C17H22NO2P. The van der Waals surface area contributed by atoms with Crippen LogP contribution >= 0.6 is 7.37 Å². The number of hydrogen-bond donors (Lipinski definition) is 2. The van der Waals surface area contributed by atoms with Crippen molar-refractivity contribution in [2.45, 2.75) is 25.7 Å². The summed E-state index contributed by atoms with van der Waals surface area (Å²) in [6, 6.07) is 19.7. The van der Waals surface area contributed by atoms with Gasteiger partial charge in [-0.2, -0.15) is 0 Å². The molecule has 4 heteroatoms. The molecular weight excluding hydrogens is 281 g/mol. The van der Waals surface area contributed by atoms with Gasteiger partial charge in [-0.1, -0.05) is 60.7 Å². The summed E-state index contributed by atoms with van der Waals surface area (Å²) in [5.74, 6) is -0.401. The summed E-state index contributed by atoms with van der Waals surface area (Å²) in [6.45, 7) is 2.40. The molecule has 2 N–H and O–H groups in total. The van der Waals surface area contributed by atoms with Crippen molar-refractivity contribution in [3.05, 3.63) is 71.8 Å². The van der Waals surface area contributed by atoms with E-state index in [-0.39, 0.29) is 0 Å². The molecule has 2 unspecified atom stereocenters. The van der Waals surface area contributed by atoms with Crippen LogP contribution in [0.25, 0.3) is 0 Å². The first kappa shape index (κ1) is 16.0.